The quantitative estimate of drug-likeness (QED) is 0.490. The first-order valence-corrected chi connectivity index (χ1v) is 11.8. The van der Waals surface area contributed by atoms with E-state index in [0.717, 1.165) is 11.8 Å². The molecule has 164 valence electrons. The van der Waals surface area contributed by atoms with Gasteiger partial charge < -0.3 is 14.8 Å². The van der Waals surface area contributed by atoms with E-state index < -0.39 is 10.0 Å². The average molecular weight is 435 g/mol. The second-order valence-corrected chi connectivity index (χ2v) is 8.63. The summed E-state index contributed by atoms with van der Waals surface area (Å²) < 4.78 is 36.9. The van der Waals surface area contributed by atoms with Gasteiger partial charge in [0.2, 0.25) is 15.9 Å². The molecule has 2 rings (SSSR count). The summed E-state index contributed by atoms with van der Waals surface area (Å²) in [6.07, 6.45) is 1.77. The topological polar surface area (TPSA) is 84.9 Å². The molecule has 2 aromatic rings. The van der Waals surface area contributed by atoms with Crippen molar-refractivity contribution in [3.63, 3.8) is 0 Å². The van der Waals surface area contributed by atoms with Gasteiger partial charge in [0.1, 0.15) is 5.75 Å². The average Bonchev–Trinajstić information content (AvgIpc) is 2.72. The van der Waals surface area contributed by atoms with Gasteiger partial charge in [0.15, 0.2) is 0 Å². The van der Waals surface area contributed by atoms with Crippen LogP contribution >= 0.6 is 0 Å². The van der Waals surface area contributed by atoms with Gasteiger partial charge in [0.25, 0.3) is 0 Å². The monoisotopic (exact) mass is 434 g/mol. The van der Waals surface area contributed by atoms with Crippen molar-refractivity contribution in [3.05, 3.63) is 60.2 Å². The summed E-state index contributed by atoms with van der Waals surface area (Å²) in [4.78, 5) is 12.1. The first kappa shape index (κ1) is 23.7. The lowest BCUT2D eigenvalue weighted by Gasteiger charge is -2.24. The number of nitrogens with one attached hydrogen (secondary N) is 1. The number of anilines is 1. The molecule has 0 saturated carbocycles. The summed E-state index contributed by atoms with van der Waals surface area (Å²) in [5.41, 5.74) is 1.56. The van der Waals surface area contributed by atoms with Crippen molar-refractivity contribution in [1.82, 2.24) is 5.32 Å². The minimum atomic E-state index is -3.51. The van der Waals surface area contributed by atoms with Crippen molar-refractivity contribution >= 4 is 21.6 Å². The predicted molar refractivity (Wildman–Crippen MR) is 118 cm³/mol. The second kappa shape index (κ2) is 12.2. The van der Waals surface area contributed by atoms with E-state index in [2.05, 4.69) is 5.32 Å². The Hall–Kier alpha value is -2.58. The fraction of sp³-hybridized carbons (Fsp3) is 0.409. The fourth-order valence-corrected chi connectivity index (χ4v) is 3.87. The van der Waals surface area contributed by atoms with Gasteiger partial charge in [-0.15, -0.1) is 0 Å². The minimum absolute atomic E-state index is 0.134. The Kier molecular flexibility index (Phi) is 9.63. The maximum atomic E-state index is 12.3. The fourth-order valence-electron chi connectivity index (χ4n) is 2.90. The molecule has 0 saturated heterocycles. The highest BCUT2D eigenvalue weighted by Gasteiger charge is 2.21. The largest absolute Gasteiger partial charge is 0.492 e. The van der Waals surface area contributed by atoms with Crippen molar-refractivity contribution < 1.29 is 22.7 Å². The highest BCUT2D eigenvalue weighted by molar-refractivity contribution is 7.92. The van der Waals surface area contributed by atoms with Crippen LogP contribution < -0.4 is 14.4 Å². The SMILES string of the molecule is CCOc1ccccc1N(CCCC(=O)NCCOCc1ccccc1)S(C)(=O)=O. The summed E-state index contributed by atoms with van der Waals surface area (Å²) in [6.45, 7) is 3.80. The van der Waals surface area contributed by atoms with Crippen molar-refractivity contribution in [2.24, 2.45) is 0 Å². The zero-order valence-corrected chi connectivity index (χ0v) is 18.4. The van der Waals surface area contributed by atoms with Crippen LogP contribution in [-0.4, -0.2) is 46.9 Å². The molecule has 30 heavy (non-hydrogen) atoms. The summed E-state index contributed by atoms with van der Waals surface area (Å²) in [7, 11) is -3.51. The van der Waals surface area contributed by atoms with Crippen molar-refractivity contribution in [2.45, 2.75) is 26.4 Å². The number of benzene rings is 2. The molecule has 0 spiro atoms. The molecule has 0 heterocycles. The summed E-state index contributed by atoms with van der Waals surface area (Å²) in [5.74, 6) is 0.371. The number of amides is 1. The number of sulfonamides is 1. The van der Waals surface area contributed by atoms with E-state index in [1.165, 1.54) is 4.31 Å². The van der Waals surface area contributed by atoms with Gasteiger partial charge in [-0.05, 0) is 31.0 Å². The third kappa shape index (κ3) is 8.04. The Morgan fingerprint density at radius 1 is 1.07 bits per heavy atom. The van der Waals surface area contributed by atoms with E-state index in [0.29, 0.717) is 44.2 Å². The Bertz CT molecular complexity index is 887. The van der Waals surface area contributed by atoms with Crippen molar-refractivity contribution in [2.75, 3.05) is 36.9 Å². The first-order chi connectivity index (χ1) is 14.4. The van der Waals surface area contributed by atoms with E-state index in [1.807, 2.05) is 37.3 Å². The number of ether oxygens (including phenoxy) is 2. The molecule has 0 radical (unpaired) electrons. The maximum Gasteiger partial charge on any atom is 0.232 e. The predicted octanol–water partition coefficient (Wildman–Crippen LogP) is 2.96. The van der Waals surface area contributed by atoms with Crippen LogP contribution in [0.2, 0.25) is 0 Å². The lowest BCUT2D eigenvalue weighted by molar-refractivity contribution is -0.121. The molecule has 0 aliphatic carbocycles. The molecule has 2 aromatic carbocycles. The zero-order valence-electron chi connectivity index (χ0n) is 17.5. The molecule has 0 aromatic heterocycles. The number of hydrogen-bond acceptors (Lipinski definition) is 5. The zero-order chi connectivity index (χ0) is 21.8. The van der Waals surface area contributed by atoms with Crippen LogP contribution in [0.5, 0.6) is 5.75 Å². The van der Waals surface area contributed by atoms with Crippen LogP contribution in [-0.2, 0) is 26.2 Å². The van der Waals surface area contributed by atoms with Gasteiger partial charge in [0.05, 0.1) is 31.8 Å². The van der Waals surface area contributed by atoms with E-state index >= 15 is 0 Å². The highest BCUT2D eigenvalue weighted by atomic mass is 32.2. The molecule has 0 bridgehead atoms. The maximum absolute atomic E-state index is 12.3. The van der Waals surface area contributed by atoms with Crippen LogP contribution in [0.3, 0.4) is 0 Å². The van der Waals surface area contributed by atoms with Crippen molar-refractivity contribution in [3.8, 4) is 5.75 Å². The van der Waals surface area contributed by atoms with Crippen LogP contribution in [0.1, 0.15) is 25.3 Å². The van der Waals surface area contributed by atoms with Crippen LogP contribution in [0.4, 0.5) is 5.69 Å². The number of rotatable bonds is 13. The van der Waals surface area contributed by atoms with Crippen LogP contribution in [0.15, 0.2) is 54.6 Å². The van der Waals surface area contributed by atoms with E-state index in [-0.39, 0.29) is 18.9 Å². The summed E-state index contributed by atoms with van der Waals surface area (Å²) in [5, 5.41) is 2.80. The molecular weight excluding hydrogens is 404 g/mol. The Morgan fingerprint density at radius 2 is 1.77 bits per heavy atom. The molecule has 1 N–H and O–H groups in total. The van der Waals surface area contributed by atoms with Gasteiger partial charge in [-0.2, -0.15) is 0 Å². The lowest BCUT2D eigenvalue weighted by atomic mass is 10.2. The van der Waals surface area contributed by atoms with E-state index in [9.17, 15) is 13.2 Å². The van der Waals surface area contributed by atoms with Gasteiger partial charge >= 0.3 is 0 Å². The molecule has 0 aliphatic heterocycles. The van der Waals surface area contributed by atoms with E-state index in [4.69, 9.17) is 9.47 Å². The van der Waals surface area contributed by atoms with Crippen LogP contribution in [0.25, 0.3) is 0 Å². The van der Waals surface area contributed by atoms with E-state index in [1.54, 1.807) is 24.3 Å². The van der Waals surface area contributed by atoms with Gasteiger partial charge in [-0.1, -0.05) is 42.5 Å². The minimum Gasteiger partial charge on any atom is -0.492 e. The molecule has 1 amide bonds. The molecule has 8 heteroatoms. The highest BCUT2D eigenvalue weighted by Crippen LogP contribution is 2.30. The Balaban J connectivity index is 1.76. The van der Waals surface area contributed by atoms with Gasteiger partial charge in [-0.3, -0.25) is 9.10 Å². The normalized spacial score (nSPS) is 11.1. The molecule has 0 aliphatic rings. The van der Waals surface area contributed by atoms with Gasteiger partial charge in [-0.25, -0.2) is 8.42 Å². The number of para-hydroxylation sites is 2. The van der Waals surface area contributed by atoms with Crippen LogP contribution in [0, 0.1) is 0 Å². The molecule has 7 nitrogen and oxygen atoms in total. The second-order valence-electron chi connectivity index (χ2n) is 6.73. The summed E-state index contributed by atoms with van der Waals surface area (Å²) in [6, 6.07) is 16.8. The van der Waals surface area contributed by atoms with Gasteiger partial charge in [0, 0.05) is 19.5 Å². The Labute approximate surface area is 179 Å². The molecule has 0 fully saturated rings. The molecule has 0 atom stereocenters. The third-order valence-electron chi connectivity index (χ3n) is 4.28. The first-order valence-electron chi connectivity index (χ1n) is 9.99. The number of hydrogen-bond donors (Lipinski definition) is 1. The molecular formula is C22H30N2O5S. The number of nitrogens with zero attached hydrogens (tertiary/aromatic N) is 1. The number of carbonyl (C=O) groups is 1. The Morgan fingerprint density at radius 3 is 2.47 bits per heavy atom. The number of carbonyl (C=O) groups excluding carboxylic acids is 1. The standard InChI is InChI=1S/C22H30N2O5S/c1-3-29-21-13-8-7-12-20(21)24(30(2,26)27)16-9-14-22(25)23-15-17-28-18-19-10-5-4-6-11-19/h4-8,10-13H,3,9,14-18H2,1-2H3,(H,23,25). The molecule has 0 unspecified atom stereocenters. The summed E-state index contributed by atoms with van der Waals surface area (Å²) >= 11 is 0. The third-order valence-corrected chi connectivity index (χ3v) is 5.46. The lowest BCUT2D eigenvalue weighted by Crippen LogP contribution is -2.33. The van der Waals surface area contributed by atoms with Crippen molar-refractivity contribution in [1.29, 1.82) is 0 Å². The smallest absolute Gasteiger partial charge is 0.232 e.